The van der Waals surface area contributed by atoms with Gasteiger partial charge < -0.3 is 0 Å². The minimum atomic E-state index is -0.642. The number of thiophene rings is 1. The number of halogens is 2. The van der Waals surface area contributed by atoms with Gasteiger partial charge in [0.15, 0.2) is 0 Å². The number of hydrogen-bond acceptors (Lipinski definition) is 3. The molecular weight excluding hydrogens is 479 g/mol. The molecule has 0 aliphatic rings. The van der Waals surface area contributed by atoms with Crippen molar-refractivity contribution in [3.05, 3.63) is 109 Å². The summed E-state index contributed by atoms with van der Waals surface area (Å²) in [6, 6.07) is 19.7. The Bertz CT molecular complexity index is 1600. The van der Waals surface area contributed by atoms with Gasteiger partial charge in [0.05, 0.1) is 17.7 Å². The highest BCUT2D eigenvalue weighted by molar-refractivity contribution is 9.10. The third-order valence-corrected chi connectivity index (χ3v) is 7.04. The van der Waals surface area contributed by atoms with E-state index in [2.05, 4.69) is 15.9 Å². The van der Waals surface area contributed by atoms with Crippen molar-refractivity contribution >= 4 is 47.6 Å². The van der Waals surface area contributed by atoms with Crippen LogP contribution in [0.25, 0.3) is 26.0 Å². The van der Waals surface area contributed by atoms with Gasteiger partial charge in [-0.15, -0.1) is 11.3 Å². The summed E-state index contributed by atoms with van der Waals surface area (Å²) in [6.07, 6.45) is 0. The highest BCUT2D eigenvalue weighted by atomic mass is 79.9. The van der Waals surface area contributed by atoms with Crippen LogP contribution in [0.15, 0.2) is 80.8 Å². The van der Waals surface area contributed by atoms with Gasteiger partial charge in [-0.05, 0) is 42.3 Å². The number of aryl methyl sites for hydroxylation is 1. The number of aromatic nitrogens is 2. The lowest BCUT2D eigenvalue weighted by atomic mass is 10.1. The summed E-state index contributed by atoms with van der Waals surface area (Å²) in [5.74, 6) is -0.642. The quantitative estimate of drug-likeness (QED) is 0.326. The van der Waals surface area contributed by atoms with Crippen LogP contribution in [0.4, 0.5) is 4.39 Å². The highest BCUT2D eigenvalue weighted by Crippen LogP contribution is 2.31. The Hall–Kier alpha value is -3.03. The summed E-state index contributed by atoms with van der Waals surface area (Å²) >= 11 is 4.55. The van der Waals surface area contributed by atoms with Gasteiger partial charge in [-0.3, -0.25) is 9.36 Å². The van der Waals surface area contributed by atoms with Gasteiger partial charge in [0.25, 0.3) is 5.56 Å². The Labute approximate surface area is 188 Å². The molecule has 0 aliphatic heterocycles. The smallest absolute Gasteiger partial charge is 0.287 e. The summed E-state index contributed by atoms with van der Waals surface area (Å²) < 4.78 is 19.2. The Kier molecular flexibility index (Phi) is 4.87. The molecule has 5 rings (SSSR count). The predicted octanol–water partition coefficient (Wildman–Crippen LogP) is 5.63. The molecule has 0 saturated heterocycles. The fourth-order valence-electron chi connectivity index (χ4n) is 3.83. The Morgan fingerprint density at radius 1 is 1.00 bits per heavy atom. The predicted molar refractivity (Wildman–Crippen MR) is 127 cm³/mol. The van der Waals surface area contributed by atoms with Crippen molar-refractivity contribution in [2.24, 2.45) is 0 Å². The summed E-state index contributed by atoms with van der Waals surface area (Å²) in [5, 5.41) is 0.841. The molecule has 5 aromatic rings. The van der Waals surface area contributed by atoms with E-state index in [1.54, 1.807) is 10.6 Å². The van der Waals surface area contributed by atoms with Gasteiger partial charge in [-0.1, -0.05) is 58.4 Å². The molecule has 0 spiro atoms. The normalized spacial score (nSPS) is 11.5. The second-order valence-corrected chi connectivity index (χ2v) is 9.28. The molecule has 0 bridgehead atoms. The third-order valence-electron chi connectivity index (χ3n) is 5.40. The maximum absolute atomic E-state index is 14.8. The zero-order valence-corrected chi connectivity index (χ0v) is 18.8. The minimum absolute atomic E-state index is 0.0592. The van der Waals surface area contributed by atoms with E-state index < -0.39 is 17.1 Å². The summed E-state index contributed by atoms with van der Waals surface area (Å²) in [4.78, 5) is 27.1. The number of hydrogen-bond donors (Lipinski definition) is 0. The lowest BCUT2D eigenvalue weighted by Gasteiger charge is -2.14. The van der Waals surface area contributed by atoms with E-state index in [9.17, 15) is 14.0 Å². The van der Waals surface area contributed by atoms with Crippen molar-refractivity contribution < 1.29 is 4.39 Å². The summed E-state index contributed by atoms with van der Waals surface area (Å²) in [5.41, 5.74) is 1.45. The van der Waals surface area contributed by atoms with E-state index >= 15 is 0 Å². The minimum Gasteiger partial charge on any atom is -0.287 e. The molecular formula is C24H16BrFN2O2S. The first-order valence-electron chi connectivity index (χ1n) is 9.63. The van der Waals surface area contributed by atoms with Crippen LogP contribution in [0.2, 0.25) is 0 Å². The molecule has 0 fully saturated rings. The van der Waals surface area contributed by atoms with E-state index in [1.807, 2.05) is 55.5 Å². The molecule has 0 atom stereocenters. The Morgan fingerprint density at radius 2 is 1.74 bits per heavy atom. The van der Waals surface area contributed by atoms with Crippen LogP contribution in [-0.4, -0.2) is 9.13 Å². The molecule has 3 aromatic carbocycles. The topological polar surface area (TPSA) is 44.0 Å². The maximum atomic E-state index is 14.8. The standard InChI is InChI=1S/C24H16BrFN2O2S/c1-14-6-2-3-7-15(14)13-27-21-17-8-4-5-9-20(17)31-22(21)23(29)28(24(27)30)19-11-10-16(25)12-18(19)26/h2-12H,13H2,1H3. The van der Waals surface area contributed by atoms with Crippen molar-refractivity contribution in [2.45, 2.75) is 13.5 Å². The SMILES string of the molecule is Cc1ccccc1Cn1c(=O)n(-c2ccc(Br)cc2F)c(=O)c2sc3ccccc3c21. The van der Waals surface area contributed by atoms with Crippen LogP contribution in [0, 0.1) is 12.7 Å². The maximum Gasteiger partial charge on any atom is 0.336 e. The van der Waals surface area contributed by atoms with Gasteiger partial charge in [-0.2, -0.15) is 0 Å². The molecule has 0 amide bonds. The molecule has 7 heteroatoms. The van der Waals surface area contributed by atoms with Crippen molar-refractivity contribution in [3.63, 3.8) is 0 Å². The van der Waals surface area contributed by atoms with Gasteiger partial charge in [0, 0.05) is 14.6 Å². The first-order chi connectivity index (χ1) is 15.0. The van der Waals surface area contributed by atoms with E-state index in [-0.39, 0.29) is 12.2 Å². The third kappa shape index (κ3) is 3.25. The van der Waals surface area contributed by atoms with E-state index in [1.165, 1.54) is 23.5 Å². The second kappa shape index (κ2) is 7.59. The van der Waals surface area contributed by atoms with Crippen LogP contribution in [0.1, 0.15) is 11.1 Å². The number of rotatable bonds is 3. The zero-order valence-electron chi connectivity index (χ0n) is 16.4. The fourth-order valence-corrected chi connectivity index (χ4v) is 5.30. The second-order valence-electron chi connectivity index (χ2n) is 7.31. The fraction of sp³-hybridized carbons (Fsp3) is 0.0833. The molecule has 154 valence electrons. The van der Waals surface area contributed by atoms with E-state index in [4.69, 9.17) is 0 Å². The lowest BCUT2D eigenvalue weighted by Crippen LogP contribution is -2.39. The Morgan fingerprint density at radius 3 is 2.52 bits per heavy atom. The average Bonchev–Trinajstić information content (AvgIpc) is 3.14. The van der Waals surface area contributed by atoms with E-state index in [0.717, 1.165) is 25.8 Å². The molecule has 2 heterocycles. The monoisotopic (exact) mass is 494 g/mol. The molecule has 2 aromatic heterocycles. The highest BCUT2D eigenvalue weighted by Gasteiger charge is 2.21. The first kappa shape index (κ1) is 19.9. The van der Waals surface area contributed by atoms with Gasteiger partial charge in [0.1, 0.15) is 10.5 Å². The van der Waals surface area contributed by atoms with Crippen LogP contribution in [0.3, 0.4) is 0 Å². The lowest BCUT2D eigenvalue weighted by molar-refractivity contribution is 0.606. The van der Waals surface area contributed by atoms with Crippen LogP contribution in [-0.2, 0) is 6.54 Å². The molecule has 31 heavy (non-hydrogen) atoms. The molecule has 4 nitrogen and oxygen atoms in total. The Balaban J connectivity index is 1.92. The van der Waals surface area contributed by atoms with Gasteiger partial charge >= 0.3 is 5.69 Å². The molecule has 0 saturated carbocycles. The molecule has 0 aliphatic carbocycles. The van der Waals surface area contributed by atoms with Crippen molar-refractivity contribution in [3.8, 4) is 5.69 Å². The summed E-state index contributed by atoms with van der Waals surface area (Å²) in [7, 11) is 0. The molecule has 0 radical (unpaired) electrons. The van der Waals surface area contributed by atoms with Crippen LogP contribution >= 0.6 is 27.3 Å². The number of nitrogens with zero attached hydrogens (tertiary/aromatic N) is 2. The van der Waals surface area contributed by atoms with Crippen molar-refractivity contribution in [1.29, 1.82) is 0 Å². The number of fused-ring (bicyclic) bond motifs is 3. The average molecular weight is 495 g/mol. The summed E-state index contributed by atoms with van der Waals surface area (Å²) in [6.45, 7) is 2.26. The van der Waals surface area contributed by atoms with Crippen LogP contribution in [0.5, 0.6) is 0 Å². The van der Waals surface area contributed by atoms with Crippen molar-refractivity contribution in [2.75, 3.05) is 0 Å². The van der Waals surface area contributed by atoms with E-state index in [0.29, 0.717) is 14.7 Å². The van der Waals surface area contributed by atoms with Gasteiger partial charge in [-0.25, -0.2) is 13.8 Å². The largest absolute Gasteiger partial charge is 0.336 e. The molecule has 0 N–H and O–H groups in total. The van der Waals surface area contributed by atoms with Gasteiger partial charge in [0.2, 0.25) is 0 Å². The molecule has 0 unspecified atom stereocenters. The first-order valence-corrected chi connectivity index (χ1v) is 11.2. The number of benzene rings is 3. The van der Waals surface area contributed by atoms with Crippen LogP contribution < -0.4 is 11.2 Å². The van der Waals surface area contributed by atoms with Crippen molar-refractivity contribution in [1.82, 2.24) is 9.13 Å². The zero-order chi connectivity index (χ0) is 21.7.